The van der Waals surface area contributed by atoms with Gasteiger partial charge in [-0.1, -0.05) is 146 Å². The van der Waals surface area contributed by atoms with Crippen LogP contribution in [0.2, 0.25) is 0 Å². The third-order valence-electron chi connectivity index (χ3n) is 10.4. The van der Waals surface area contributed by atoms with Crippen molar-refractivity contribution in [3.63, 3.8) is 0 Å². The Balaban J connectivity index is 1.12. The van der Waals surface area contributed by atoms with Gasteiger partial charge in [-0.2, -0.15) is 0 Å². The van der Waals surface area contributed by atoms with Crippen LogP contribution in [0.4, 0.5) is 17.1 Å². The van der Waals surface area contributed by atoms with Gasteiger partial charge in [0.2, 0.25) is 0 Å². The van der Waals surface area contributed by atoms with E-state index in [1.165, 1.54) is 65.6 Å². The van der Waals surface area contributed by atoms with Crippen LogP contribution in [0.25, 0.3) is 71.3 Å². The summed E-state index contributed by atoms with van der Waals surface area (Å²) in [5, 5.41) is 7.60. The summed E-state index contributed by atoms with van der Waals surface area (Å²) in [5.74, 6) is 0. The third kappa shape index (κ3) is 5.04. The highest BCUT2D eigenvalue weighted by atomic mass is 15.1. The number of rotatable bonds is 6. The lowest BCUT2D eigenvalue weighted by atomic mass is 9.97. The number of fused-ring (bicyclic) bond motifs is 6. The lowest BCUT2D eigenvalue weighted by Gasteiger charge is -2.26. The van der Waals surface area contributed by atoms with E-state index in [-0.39, 0.29) is 0 Å². The molecule has 0 saturated heterocycles. The van der Waals surface area contributed by atoms with Crippen molar-refractivity contribution in [1.29, 1.82) is 0 Å². The van der Waals surface area contributed by atoms with E-state index in [1.54, 1.807) is 0 Å². The highest BCUT2D eigenvalue weighted by molar-refractivity contribution is 6.21. The lowest BCUT2D eigenvalue weighted by Crippen LogP contribution is -2.10. The van der Waals surface area contributed by atoms with E-state index in [1.807, 2.05) is 0 Å². The Bertz CT molecular complexity index is 2880. The summed E-state index contributed by atoms with van der Waals surface area (Å²) in [7, 11) is 0. The van der Waals surface area contributed by atoms with Gasteiger partial charge in [-0.25, -0.2) is 0 Å². The first kappa shape index (κ1) is 30.0. The fourth-order valence-corrected chi connectivity index (χ4v) is 7.94. The number of nitrogens with zero attached hydrogens (tertiary/aromatic N) is 2. The number of hydrogen-bond acceptors (Lipinski definition) is 1. The molecule has 0 amide bonds. The Morgan fingerprint density at radius 1 is 0.327 bits per heavy atom. The third-order valence-corrected chi connectivity index (χ3v) is 10.4. The van der Waals surface area contributed by atoms with E-state index >= 15 is 0 Å². The molecule has 1 aromatic heterocycles. The van der Waals surface area contributed by atoms with Crippen molar-refractivity contribution >= 4 is 60.4 Å². The van der Waals surface area contributed by atoms with Crippen LogP contribution < -0.4 is 4.90 Å². The summed E-state index contributed by atoms with van der Waals surface area (Å²) in [6.45, 7) is 0. The van der Waals surface area contributed by atoms with Crippen LogP contribution in [-0.4, -0.2) is 4.57 Å². The molecule has 0 aliphatic rings. The van der Waals surface area contributed by atoms with Gasteiger partial charge in [-0.15, -0.1) is 0 Å². The molecule has 2 nitrogen and oxygen atoms in total. The highest BCUT2D eigenvalue weighted by Crippen LogP contribution is 2.41. The lowest BCUT2D eigenvalue weighted by molar-refractivity contribution is 1.17. The first-order chi connectivity index (χ1) is 25.8. The molecule has 244 valence electrons. The second-order valence-electron chi connectivity index (χ2n) is 13.4. The SMILES string of the molecule is c1ccc(-c2ccc(N(c3ccc(-n4c5ccccc5c5c6ccccc6ccc54)cc3)c3cccc(-c4cccc5ccccc45)c3)cc2)cc1. The van der Waals surface area contributed by atoms with Crippen molar-refractivity contribution < 1.29 is 0 Å². The van der Waals surface area contributed by atoms with Crippen LogP contribution in [0.15, 0.2) is 206 Å². The van der Waals surface area contributed by atoms with E-state index < -0.39 is 0 Å². The number of aromatic nitrogens is 1. The first-order valence-corrected chi connectivity index (χ1v) is 17.9. The summed E-state index contributed by atoms with van der Waals surface area (Å²) < 4.78 is 2.40. The topological polar surface area (TPSA) is 8.17 Å². The Morgan fingerprint density at radius 2 is 0.904 bits per heavy atom. The fraction of sp³-hybridized carbons (Fsp3) is 0. The van der Waals surface area contributed by atoms with Crippen LogP contribution >= 0.6 is 0 Å². The van der Waals surface area contributed by atoms with Gasteiger partial charge in [0.05, 0.1) is 11.0 Å². The van der Waals surface area contributed by atoms with E-state index in [2.05, 4.69) is 216 Å². The van der Waals surface area contributed by atoms with Crippen molar-refractivity contribution in [2.75, 3.05) is 4.90 Å². The summed E-state index contributed by atoms with van der Waals surface area (Å²) in [6, 6.07) is 74.6. The molecule has 10 rings (SSSR count). The maximum Gasteiger partial charge on any atom is 0.0547 e. The average Bonchev–Trinajstić information content (AvgIpc) is 3.57. The normalized spacial score (nSPS) is 11.5. The first-order valence-electron chi connectivity index (χ1n) is 17.9. The summed E-state index contributed by atoms with van der Waals surface area (Å²) in [4.78, 5) is 2.37. The van der Waals surface area contributed by atoms with Gasteiger partial charge >= 0.3 is 0 Å². The molecule has 9 aromatic carbocycles. The van der Waals surface area contributed by atoms with Gasteiger partial charge in [0.1, 0.15) is 0 Å². The van der Waals surface area contributed by atoms with Gasteiger partial charge in [0.25, 0.3) is 0 Å². The van der Waals surface area contributed by atoms with Gasteiger partial charge in [0, 0.05) is 33.5 Å². The number of para-hydroxylation sites is 1. The Labute approximate surface area is 303 Å². The molecule has 2 heteroatoms. The number of hydrogen-bond donors (Lipinski definition) is 0. The molecule has 0 saturated carbocycles. The molecule has 0 unspecified atom stereocenters. The number of benzene rings is 9. The molecule has 0 spiro atoms. The maximum atomic E-state index is 2.40. The van der Waals surface area contributed by atoms with Crippen LogP contribution in [0.3, 0.4) is 0 Å². The van der Waals surface area contributed by atoms with Crippen molar-refractivity contribution in [3.05, 3.63) is 206 Å². The quantitative estimate of drug-likeness (QED) is 0.172. The van der Waals surface area contributed by atoms with Crippen LogP contribution in [-0.2, 0) is 0 Å². The van der Waals surface area contributed by atoms with Crippen molar-refractivity contribution in [2.45, 2.75) is 0 Å². The number of anilines is 3. The van der Waals surface area contributed by atoms with Crippen molar-refractivity contribution in [2.24, 2.45) is 0 Å². The van der Waals surface area contributed by atoms with E-state index in [9.17, 15) is 0 Å². The Kier molecular flexibility index (Phi) is 7.18. The zero-order valence-electron chi connectivity index (χ0n) is 28.5. The molecule has 0 aliphatic carbocycles. The molecule has 0 fully saturated rings. The Morgan fingerprint density at radius 3 is 1.69 bits per heavy atom. The monoisotopic (exact) mass is 662 g/mol. The van der Waals surface area contributed by atoms with Gasteiger partial charge in [-0.05, 0) is 104 Å². The minimum atomic E-state index is 1.09. The smallest absolute Gasteiger partial charge is 0.0547 e. The predicted octanol–water partition coefficient (Wildman–Crippen LogP) is 13.9. The maximum absolute atomic E-state index is 2.40. The minimum Gasteiger partial charge on any atom is -0.310 e. The molecule has 0 N–H and O–H groups in total. The molecule has 0 bridgehead atoms. The van der Waals surface area contributed by atoms with Crippen LogP contribution in [0, 0.1) is 0 Å². The summed E-state index contributed by atoms with van der Waals surface area (Å²) in [5.41, 5.74) is 11.7. The van der Waals surface area contributed by atoms with E-state index in [4.69, 9.17) is 0 Å². The van der Waals surface area contributed by atoms with Gasteiger partial charge in [0.15, 0.2) is 0 Å². The van der Waals surface area contributed by atoms with E-state index in [0.29, 0.717) is 0 Å². The second-order valence-corrected chi connectivity index (χ2v) is 13.4. The van der Waals surface area contributed by atoms with Crippen LogP contribution in [0.5, 0.6) is 0 Å². The van der Waals surface area contributed by atoms with Crippen molar-refractivity contribution in [1.82, 2.24) is 4.57 Å². The summed E-state index contributed by atoms with van der Waals surface area (Å²) >= 11 is 0. The predicted molar refractivity (Wildman–Crippen MR) is 221 cm³/mol. The summed E-state index contributed by atoms with van der Waals surface area (Å²) in [6.07, 6.45) is 0. The largest absolute Gasteiger partial charge is 0.310 e. The van der Waals surface area contributed by atoms with Gasteiger partial charge < -0.3 is 9.47 Å². The molecular weight excluding hydrogens is 629 g/mol. The highest BCUT2D eigenvalue weighted by Gasteiger charge is 2.17. The van der Waals surface area contributed by atoms with E-state index in [0.717, 1.165) is 22.7 Å². The zero-order chi connectivity index (χ0) is 34.4. The fourth-order valence-electron chi connectivity index (χ4n) is 7.94. The van der Waals surface area contributed by atoms with Crippen LogP contribution in [0.1, 0.15) is 0 Å². The molecule has 10 aromatic rings. The zero-order valence-corrected chi connectivity index (χ0v) is 28.5. The molecular formula is C50H34N2. The molecule has 0 aliphatic heterocycles. The Hall–Kier alpha value is -6.90. The molecule has 52 heavy (non-hydrogen) atoms. The van der Waals surface area contributed by atoms with Gasteiger partial charge in [-0.3, -0.25) is 0 Å². The minimum absolute atomic E-state index is 1.09. The van der Waals surface area contributed by atoms with Crippen molar-refractivity contribution in [3.8, 4) is 27.9 Å². The average molecular weight is 663 g/mol. The second kappa shape index (κ2) is 12.5. The molecule has 0 atom stereocenters. The standard InChI is InChI=1S/C50H34N2/c1-2-12-35(13-3-1)36-24-27-40(28-25-36)51(43-18-10-17-39(34-43)45-22-11-16-37-14-4-6-19-44(37)45)41-29-31-42(32-30-41)52-48-23-9-8-21-47(48)50-46-20-7-5-15-38(46)26-33-49(50)52/h1-34H. The molecule has 1 heterocycles. The molecule has 0 radical (unpaired) electrons.